The molecule has 0 saturated carbocycles. The third-order valence-electron chi connectivity index (χ3n) is 2.90. The number of nitrogens with zero attached hydrogens (tertiary/aromatic N) is 1. The first-order valence-corrected chi connectivity index (χ1v) is 7.06. The summed E-state index contributed by atoms with van der Waals surface area (Å²) in [5.41, 5.74) is 2.46. The Kier molecular flexibility index (Phi) is 6.24. The van der Waals surface area contributed by atoms with Crippen LogP contribution in [-0.4, -0.2) is 20.1 Å². The van der Waals surface area contributed by atoms with Crippen molar-refractivity contribution in [2.24, 2.45) is 0 Å². The van der Waals surface area contributed by atoms with Crippen molar-refractivity contribution in [3.05, 3.63) is 28.2 Å². The van der Waals surface area contributed by atoms with Crippen molar-refractivity contribution >= 4 is 21.6 Å². The van der Waals surface area contributed by atoms with E-state index >= 15 is 0 Å². The molecular weight excluding hydrogens is 288 g/mol. The summed E-state index contributed by atoms with van der Waals surface area (Å²) in [7, 11) is 2.03. The van der Waals surface area contributed by atoms with Gasteiger partial charge in [0.15, 0.2) is 0 Å². The molecule has 1 unspecified atom stereocenters. The lowest BCUT2D eigenvalue weighted by Crippen LogP contribution is -2.24. The van der Waals surface area contributed by atoms with E-state index in [2.05, 4.69) is 64.1 Å². The van der Waals surface area contributed by atoms with Crippen LogP contribution in [0.15, 0.2) is 22.7 Å². The van der Waals surface area contributed by atoms with Crippen LogP contribution in [0.5, 0.6) is 0 Å². The largest absolute Gasteiger partial charge is 0.363 e. The maximum Gasteiger partial charge on any atom is 0.0788 e. The van der Waals surface area contributed by atoms with Gasteiger partial charge in [-0.25, -0.2) is 0 Å². The number of rotatable bonds is 6. The molecule has 0 bridgehead atoms. The van der Waals surface area contributed by atoms with Crippen molar-refractivity contribution in [2.75, 3.05) is 25.0 Å². The van der Waals surface area contributed by atoms with E-state index in [1.807, 2.05) is 7.05 Å². The standard InChI is InChI=1S/C15H21BrN2/c1-5-9-17-12(3)14-11-13(16)7-8-15(14)18(4)10-6-2/h2,7-8,11-12,17H,5,9-10H2,1,3-4H3. The minimum Gasteiger partial charge on any atom is -0.363 e. The molecule has 0 heterocycles. The fraction of sp³-hybridized carbons (Fsp3) is 0.467. The molecule has 0 spiro atoms. The van der Waals surface area contributed by atoms with Gasteiger partial charge in [0.2, 0.25) is 0 Å². The average molecular weight is 309 g/mol. The van der Waals surface area contributed by atoms with Crippen molar-refractivity contribution in [3.8, 4) is 12.3 Å². The molecule has 0 aliphatic rings. The molecule has 1 rings (SSSR count). The number of halogens is 1. The quantitative estimate of drug-likeness (QED) is 0.808. The molecule has 0 aliphatic heterocycles. The Morgan fingerprint density at radius 2 is 2.22 bits per heavy atom. The summed E-state index contributed by atoms with van der Waals surface area (Å²) in [4.78, 5) is 2.10. The molecule has 2 nitrogen and oxygen atoms in total. The van der Waals surface area contributed by atoms with E-state index in [4.69, 9.17) is 6.42 Å². The minimum absolute atomic E-state index is 0.317. The molecule has 0 fully saturated rings. The Balaban J connectivity index is 2.99. The van der Waals surface area contributed by atoms with Gasteiger partial charge in [0.05, 0.1) is 6.54 Å². The first-order valence-electron chi connectivity index (χ1n) is 6.27. The summed E-state index contributed by atoms with van der Waals surface area (Å²) in [5, 5.41) is 3.51. The van der Waals surface area contributed by atoms with Crippen molar-refractivity contribution in [2.45, 2.75) is 26.3 Å². The van der Waals surface area contributed by atoms with Gasteiger partial charge in [0, 0.05) is 23.2 Å². The van der Waals surface area contributed by atoms with Crippen molar-refractivity contribution < 1.29 is 0 Å². The third-order valence-corrected chi connectivity index (χ3v) is 3.39. The summed E-state index contributed by atoms with van der Waals surface area (Å²) >= 11 is 3.53. The van der Waals surface area contributed by atoms with E-state index in [1.54, 1.807) is 0 Å². The number of benzene rings is 1. The van der Waals surface area contributed by atoms with Gasteiger partial charge in [-0.3, -0.25) is 0 Å². The van der Waals surface area contributed by atoms with Crippen LogP contribution in [0, 0.1) is 12.3 Å². The molecule has 0 radical (unpaired) electrons. The Morgan fingerprint density at radius 3 is 2.83 bits per heavy atom. The SMILES string of the molecule is C#CCN(C)c1ccc(Br)cc1C(C)NCCC. The molecule has 3 heteroatoms. The van der Waals surface area contributed by atoms with E-state index in [0.29, 0.717) is 12.6 Å². The Bertz CT molecular complexity index is 423. The van der Waals surface area contributed by atoms with E-state index in [-0.39, 0.29) is 0 Å². The van der Waals surface area contributed by atoms with Crippen LogP contribution in [0.4, 0.5) is 5.69 Å². The number of hydrogen-bond acceptors (Lipinski definition) is 2. The van der Waals surface area contributed by atoms with Gasteiger partial charge in [-0.05, 0) is 43.7 Å². The van der Waals surface area contributed by atoms with Gasteiger partial charge in [0.1, 0.15) is 0 Å². The van der Waals surface area contributed by atoms with Crippen molar-refractivity contribution in [1.82, 2.24) is 5.32 Å². The fourth-order valence-corrected chi connectivity index (χ4v) is 2.29. The average Bonchev–Trinajstić information content (AvgIpc) is 2.36. The smallest absolute Gasteiger partial charge is 0.0788 e. The van der Waals surface area contributed by atoms with E-state index in [1.165, 1.54) is 11.3 Å². The predicted octanol–water partition coefficient (Wildman–Crippen LogP) is 3.58. The van der Waals surface area contributed by atoms with Gasteiger partial charge in [0.25, 0.3) is 0 Å². The zero-order valence-corrected chi connectivity index (χ0v) is 12.9. The van der Waals surface area contributed by atoms with Crippen LogP contribution < -0.4 is 10.2 Å². The van der Waals surface area contributed by atoms with Crippen LogP contribution in [0.25, 0.3) is 0 Å². The van der Waals surface area contributed by atoms with Gasteiger partial charge in [-0.2, -0.15) is 0 Å². The lowest BCUT2D eigenvalue weighted by atomic mass is 10.1. The van der Waals surface area contributed by atoms with E-state index in [0.717, 1.165) is 17.4 Å². The van der Waals surface area contributed by atoms with Crippen LogP contribution in [0.1, 0.15) is 31.9 Å². The molecule has 0 saturated heterocycles. The topological polar surface area (TPSA) is 15.3 Å². The van der Waals surface area contributed by atoms with Gasteiger partial charge in [-0.15, -0.1) is 6.42 Å². The second kappa shape index (κ2) is 7.45. The molecule has 0 aromatic heterocycles. The highest BCUT2D eigenvalue weighted by molar-refractivity contribution is 9.10. The minimum atomic E-state index is 0.317. The second-order valence-corrected chi connectivity index (χ2v) is 5.35. The van der Waals surface area contributed by atoms with E-state index < -0.39 is 0 Å². The first-order chi connectivity index (χ1) is 8.60. The van der Waals surface area contributed by atoms with Crippen LogP contribution in [0.3, 0.4) is 0 Å². The Morgan fingerprint density at radius 1 is 1.50 bits per heavy atom. The van der Waals surface area contributed by atoms with Crippen LogP contribution in [-0.2, 0) is 0 Å². The summed E-state index contributed by atoms with van der Waals surface area (Å²) in [5.74, 6) is 2.68. The highest BCUT2D eigenvalue weighted by Gasteiger charge is 2.13. The van der Waals surface area contributed by atoms with Crippen molar-refractivity contribution in [3.63, 3.8) is 0 Å². The monoisotopic (exact) mass is 308 g/mol. The third kappa shape index (κ3) is 4.04. The summed E-state index contributed by atoms with van der Waals surface area (Å²) < 4.78 is 1.10. The maximum atomic E-state index is 5.39. The first kappa shape index (κ1) is 15.1. The highest BCUT2D eigenvalue weighted by Crippen LogP contribution is 2.28. The fourth-order valence-electron chi connectivity index (χ4n) is 1.91. The molecule has 0 amide bonds. The highest BCUT2D eigenvalue weighted by atomic mass is 79.9. The predicted molar refractivity (Wildman–Crippen MR) is 83.0 cm³/mol. The molecule has 1 aromatic rings. The second-order valence-electron chi connectivity index (χ2n) is 4.44. The Labute approximate surface area is 119 Å². The van der Waals surface area contributed by atoms with Gasteiger partial charge >= 0.3 is 0 Å². The maximum absolute atomic E-state index is 5.39. The molecule has 18 heavy (non-hydrogen) atoms. The summed E-state index contributed by atoms with van der Waals surface area (Å²) in [6, 6.07) is 6.65. The van der Waals surface area contributed by atoms with Crippen molar-refractivity contribution in [1.29, 1.82) is 0 Å². The number of anilines is 1. The van der Waals surface area contributed by atoms with Crippen LogP contribution >= 0.6 is 15.9 Å². The molecule has 98 valence electrons. The summed E-state index contributed by atoms with van der Waals surface area (Å²) in [6.07, 6.45) is 6.52. The number of nitrogens with one attached hydrogen (secondary N) is 1. The molecule has 1 atom stereocenters. The molecule has 1 N–H and O–H groups in total. The number of terminal acetylenes is 1. The molecule has 0 aliphatic carbocycles. The van der Waals surface area contributed by atoms with E-state index in [9.17, 15) is 0 Å². The lowest BCUT2D eigenvalue weighted by molar-refractivity contribution is 0.570. The summed E-state index contributed by atoms with van der Waals surface area (Å²) in [6.45, 7) is 6.00. The normalized spacial score (nSPS) is 11.9. The number of hydrogen-bond donors (Lipinski definition) is 1. The molecule has 1 aromatic carbocycles. The lowest BCUT2D eigenvalue weighted by Gasteiger charge is -2.24. The van der Waals surface area contributed by atoms with Gasteiger partial charge < -0.3 is 10.2 Å². The zero-order valence-electron chi connectivity index (χ0n) is 11.3. The van der Waals surface area contributed by atoms with Gasteiger partial charge in [-0.1, -0.05) is 28.8 Å². The zero-order chi connectivity index (χ0) is 13.5. The Hall–Kier alpha value is -0.980. The molecular formula is C15H21BrN2. The van der Waals surface area contributed by atoms with Crippen LogP contribution in [0.2, 0.25) is 0 Å².